The maximum atomic E-state index is 12.7. The molecule has 0 bridgehead atoms. The summed E-state index contributed by atoms with van der Waals surface area (Å²) in [5, 5.41) is 2.86. The fourth-order valence-corrected chi connectivity index (χ4v) is 3.60. The van der Waals surface area contributed by atoms with Crippen molar-refractivity contribution in [3.8, 4) is 0 Å². The van der Waals surface area contributed by atoms with E-state index in [1.807, 2.05) is 30.3 Å². The van der Waals surface area contributed by atoms with Crippen LogP contribution < -0.4 is 5.32 Å². The van der Waals surface area contributed by atoms with Crippen molar-refractivity contribution in [1.29, 1.82) is 0 Å². The van der Waals surface area contributed by atoms with E-state index >= 15 is 0 Å². The van der Waals surface area contributed by atoms with E-state index in [0.29, 0.717) is 30.9 Å². The summed E-state index contributed by atoms with van der Waals surface area (Å²) < 4.78 is 4.68. The van der Waals surface area contributed by atoms with Crippen LogP contribution >= 0.6 is 0 Å². The van der Waals surface area contributed by atoms with E-state index in [1.165, 1.54) is 7.11 Å². The van der Waals surface area contributed by atoms with E-state index in [0.717, 1.165) is 29.1 Å². The molecule has 8 nitrogen and oxygen atoms in total. The minimum Gasteiger partial charge on any atom is -0.469 e. The molecule has 0 atom stereocenters. The van der Waals surface area contributed by atoms with E-state index in [9.17, 15) is 9.59 Å². The Hall–Kier alpha value is -4.17. The Morgan fingerprint density at radius 2 is 1.78 bits per heavy atom. The van der Waals surface area contributed by atoms with Gasteiger partial charge in [0.2, 0.25) is 0 Å². The predicted octanol–water partition coefficient (Wildman–Crippen LogP) is 4.48. The van der Waals surface area contributed by atoms with Crippen molar-refractivity contribution in [3.63, 3.8) is 0 Å². The molecular weight excluding hydrogens is 466 g/mol. The smallest absolute Gasteiger partial charge is 0.309 e. The summed E-state index contributed by atoms with van der Waals surface area (Å²) in [6.45, 7) is 3.98. The van der Waals surface area contributed by atoms with Crippen LogP contribution in [0.25, 0.3) is 0 Å². The zero-order valence-corrected chi connectivity index (χ0v) is 21.6. The van der Waals surface area contributed by atoms with Crippen molar-refractivity contribution in [2.75, 3.05) is 26.0 Å². The fraction of sp³-hybridized carbons (Fsp3) is 0.276. The van der Waals surface area contributed by atoms with E-state index in [-0.39, 0.29) is 18.3 Å². The van der Waals surface area contributed by atoms with Gasteiger partial charge in [0.1, 0.15) is 0 Å². The number of nitrogens with zero attached hydrogens (tertiary/aromatic N) is 4. The van der Waals surface area contributed by atoms with Crippen LogP contribution in [0.2, 0.25) is 0 Å². The number of methoxy groups -OCH3 is 1. The summed E-state index contributed by atoms with van der Waals surface area (Å²) in [6.07, 6.45) is 8.66. The molecule has 0 spiro atoms. The number of pyridine rings is 2. The van der Waals surface area contributed by atoms with Crippen LogP contribution in [0.3, 0.4) is 0 Å². The molecule has 0 fully saturated rings. The minimum absolute atomic E-state index is 0.188. The molecule has 0 aliphatic heterocycles. The lowest BCUT2D eigenvalue weighted by molar-refractivity contribution is -0.139. The number of aromatic nitrogens is 2. The maximum Gasteiger partial charge on any atom is 0.309 e. The third kappa shape index (κ3) is 9.09. The number of allylic oxidation sites excluding steroid dienone is 1. The molecule has 3 rings (SSSR count). The summed E-state index contributed by atoms with van der Waals surface area (Å²) in [5.41, 5.74) is 4.69. The van der Waals surface area contributed by atoms with E-state index < -0.39 is 0 Å². The largest absolute Gasteiger partial charge is 0.469 e. The quantitative estimate of drug-likeness (QED) is 0.291. The highest BCUT2D eigenvalue weighted by molar-refractivity contribution is 6.04. The topological polar surface area (TPSA) is 96.8 Å². The van der Waals surface area contributed by atoms with Gasteiger partial charge in [-0.25, -0.2) is 0 Å². The van der Waals surface area contributed by atoms with Crippen LogP contribution in [0.4, 0.5) is 5.69 Å². The number of nitrogens with one attached hydrogen (secondary N) is 1. The van der Waals surface area contributed by atoms with Gasteiger partial charge in [0.05, 0.1) is 30.5 Å². The normalized spacial score (nSPS) is 11.6. The van der Waals surface area contributed by atoms with Gasteiger partial charge in [-0.1, -0.05) is 31.2 Å². The van der Waals surface area contributed by atoms with Gasteiger partial charge in [0.25, 0.3) is 5.91 Å². The lowest BCUT2D eigenvalue weighted by Crippen LogP contribution is -2.29. The van der Waals surface area contributed by atoms with Crippen molar-refractivity contribution in [1.82, 2.24) is 14.9 Å². The number of ether oxygens (including phenoxy) is 1. The summed E-state index contributed by atoms with van der Waals surface area (Å²) in [4.78, 5) is 39.8. The summed E-state index contributed by atoms with van der Waals surface area (Å²) in [5.74, 6) is -0.563. The molecule has 2 heterocycles. The first kappa shape index (κ1) is 27.4. The number of anilines is 1. The van der Waals surface area contributed by atoms with Crippen molar-refractivity contribution in [2.45, 2.75) is 32.9 Å². The van der Waals surface area contributed by atoms with Gasteiger partial charge < -0.3 is 10.1 Å². The summed E-state index contributed by atoms with van der Waals surface area (Å²) >= 11 is 0. The third-order valence-corrected chi connectivity index (χ3v) is 5.59. The first-order chi connectivity index (χ1) is 18.0. The molecule has 0 radical (unpaired) electrons. The Morgan fingerprint density at radius 3 is 2.38 bits per heavy atom. The van der Waals surface area contributed by atoms with Gasteiger partial charge in [0.15, 0.2) is 0 Å². The molecule has 2 aromatic heterocycles. The Bertz CT molecular complexity index is 1210. The van der Waals surface area contributed by atoms with Crippen LogP contribution in [0, 0.1) is 0 Å². The second-order valence-corrected chi connectivity index (χ2v) is 8.43. The van der Waals surface area contributed by atoms with Crippen LogP contribution in [0.1, 0.15) is 40.7 Å². The molecule has 3 aromatic rings. The molecule has 1 aromatic carbocycles. The van der Waals surface area contributed by atoms with Gasteiger partial charge in [0, 0.05) is 50.5 Å². The summed E-state index contributed by atoms with van der Waals surface area (Å²) in [7, 11) is 3.16. The Kier molecular flexibility index (Phi) is 10.7. The predicted molar refractivity (Wildman–Crippen MR) is 145 cm³/mol. The zero-order valence-electron chi connectivity index (χ0n) is 21.6. The zero-order chi connectivity index (χ0) is 26.5. The van der Waals surface area contributed by atoms with Crippen LogP contribution in [0.5, 0.6) is 0 Å². The van der Waals surface area contributed by atoms with Crippen molar-refractivity contribution >= 4 is 23.3 Å². The first-order valence-electron chi connectivity index (χ1n) is 12.2. The fourth-order valence-electron chi connectivity index (χ4n) is 3.60. The van der Waals surface area contributed by atoms with Gasteiger partial charge in [-0.2, -0.15) is 0 Å². The highest BCUT2D eigenvalue weighted by Crippen LogP contribution is 2.13. The Morgan fingerprint density at radius 1 is 1.03 bits per heavy atom. The number of aliphatic imine (C=N–C) groups is 1. The standard InChI is InChI=1S/C29H33N5O3/c1-4-5-8-25(30-2)19-34(20-26-9-6-7-16-31-26)21-27-15-12-23(18-32-27)29(36)33-24-13-10-22(11-14-24)17-28(35)37-3/h5-16,18H,4,17,19-21H2,1-3H3,(H,33,36)/b8-5-,30-25?. The van der Waals surface area contributed by atoms with Crippen LogP contribution in [0.15, 0.2) is 84.1 Å². The van der Waals surface area contributed by atoms with Crippen molar-refractivity contribution < 1.29 is 14.3 Å². The second-order valence-electron chi connectivity index (χ2n) is 8.43. The minimum atomic E-state index is -0.308. The van der Waals surface area contributed by atoms with Crippen LogP contribution in [-0.4, -0.2) is 53.2 Å². The number of esters is 1. The van der Waals surface area contributed by atoms with Crippen LogP contribution in [-0.2, 0) is 29.0 Å². The third-order valence-electron chi connectivity index (χ3n) is 5.59. The second kappa shape index (κ2) is 14.4. The average Bonchev–Trinajstić information content (AvgIpc) is 2.92. The number of carbonyl (C=O) groups is 2. The summed E-state index contributed by atoms with van der Waals surface area (Å²) in [6, 6.07) is 16.6. The molecule has 0 aliphatic carbocycles. The first-order valence-corrected chi connectivity index (χ1v) is 12.2. The van der Waals surface area contributed by atoms with Gasteiger partial charge in [-0.3, -0.25) is 29.4 Å². The molecule has 0 saturated heterocycles. The van der Waals surface area contributed by atoms with Crippen molar-refractivity contribution in [2.24, 2.45) is 4.99 Å². The van der Waals surface area contributed by atoms with E-state index in [2.05, 4.69) is 42.9 Å². The number of benzene rings is 1. The average molecular weight is 500 g/mol. The Balaban J connectivity index is 1.65. The lowest BCUT2D eigenvalue weighted by atomic mass is 10.1. The molecule has 0 aliphatic rings. The lowest BCUT2D eigenvalue weighted by Gasteiger charge is -2.22. The highest BCUT2D eigenvalue weighted by atomic mass is 16.5. The molecule has 8 heteroatoms. The van der Waals surface area contributed by atoms with E-state index in [4.69, 9.17) is 0 Å². The number of hydrogen-bond acceptors (Lipinski definition) is 7. The Labute approximate surface area is 218 Å². The molecular formula is C29H33N5O3. The monoisotopic (exact) mass is 499 g/mol. The maximum absolute atomic E-state index is 12.7. The SMILES string of the molecule is CC/C=C\C(CN(Cc1ccccn1)Cc1ccc(C(=O)Nc2ccc(CC(=O)OC)cc2)cn1)=NC. The number of rotatable bonds is 12. The molecule has 1 amide bonds. The van der Waals surface area contributed by atoms with E-state index in [1.54, 1.807) is 49.8 Å². The molecule has 0 saturated carbocycles. The number of amides is 1. The molecule has 1 N–H and O–H groups in total. The molecule has 37 heavy (non-hydrogen) atoms. The van der Waals surface area contributed by atoms with Gasteiger partial charge >= 0.3 is 5.97 Å². The number of carbonyl (C=O) groups excluding carboxylic acids is 2. The molecule has 0 unspecified atom stereocenters. The van der Waals surface area contributed by atoms with Gasteiger partial charge in [-0.15, -0.1) is 0 Å². The number of hydrogen-bond donors (Lipinski definition) is 1. The highest BCUT2D eigenvalue weighted by Gasteiger charge is 2.13. The van der Waals surface area contributed by atoms with Crippen molar-refractivity contribution in [3.05, 3.63) is 102 Å². The molecule has 192 valence electrons. The van der Waals surface area contributed by atoms with Gasteiger partial charge in [-0.05, 0) is 54.5 Å².